The van der Waals surface area contributed by atoms with Crippen molar-refractivity contribution >= 4 is 58.4 Å². The predicted octanol–water partition coefficient (Wildman–Crippen LogP) is 3.49. The number of rotatable bonds is 4. The van der Waals surface area contributed by atoms with Crippen LogP contribution in [0.2, 0.25) is 10.0 Å². The van der Waals surface area contributed by atoms with Crippen LogP contribution in [0.5, 0.6) is 5.75 Å². The molecule has 0 saturated carbocycles. The summed E-state index contributed by atoms with van der Waals surface area (Å²) < 4.78 is 5.82. The summed E-state index contributed by atoms with van der Waals surface area (Å²) in [5.74, 6) is -0.720. The van der Waals surface area contributed by atoms with Crippen LogP contribution < -0.4 is 15.4 Å². The number of hydrogen-bond acceptors (Lipinski definition) is 4. The highest BCUT2D eigenvalue weighted by atomic mass is 35.5. The Hall–Kier alpha value is -2.41. The van der Waals surface area contributed by atoms with E-state index in [1.165, 1.54) is 6.08 Å². The molecule has 3 rings (SSSR count). The standard InChI is InChI=1S/C18H12Cl2N2O3S/c19-12-5-6-15(25-9-10-3-1-2-4-14(10)20)11(7-12)8-13-16(23)21-18(26)22-17(13)24/h1-8H,9H2,(H2,21,22,23,24,26). The molecule has 0 aromatic heterocycles. The van der Waals surface area contributed by atoms with Gasteiger partial charge >= 0.3 is 0 Å². The van der Waals surface area contributed by atoms with Crippen LogP contribution in [-0.4, -0.2) is 16.9 Å². The van der Waals surface area contributed by atoms with E-state index in [0.717, 1.165) is 5.56 Å². The van der Waals surface area contributed by atoms with Gasteiger partial charge in [0.05, 0.1) is 0 Å². The number of carbonyl (C=O) groups is 2. The van der Waals surface area contributed by atoms with Crippen molar-refractivity contribution in [2.45, 2.75) is 6.61 Å². The van der Waals surface area contributed by atoms with E-state index in [1.54, 1.807) is 24.3 Å². The Morgan fingerprint density at radius 3 is 2.42 bits per heavy atom. The first-order valence-electron chi connectivity index (χ1n) is 7.48. The van der Waals surface area contributed by atoms with E-state index in [1.807, 2.05) is 18.2 Å². The van der Waals surface area contributed by atoms with Gasteiger partial charge in [-0.05, 0) is 42.6 Å². The molecule has 0 spiro atoms. The fourth-order valence-corrected chi connectivity index (χ4v) is 2.85. The summed E-state index contributed by atoms with van der Waals surface area (Å²) >= 11 is 17.0. The number of benzene rings is 2. The fraction of sp³-hybridized carbons (Fsp3) is 0.0556. The molecular formula is C18H12Cl2N2O3S. The van der Waals surface area contributed by atoms with Gasteiger partial charge in [-0.3, -0.25) is 20.2 Å². The van der Waals surface area contributed by atoms with E-state index < -0.39 is 11.8 Å². The Morgan fingerprint density at radius 2 is 1.73 bits per heavy atom. The molecule has 26 heavy (non-hydrogen) atoms. The quantitative estimate of drug-likeness (QED) is 0.463. The molecule has 2 amide bonds. The van der Waals surface area contributed by atoms with Gasteiger partial charge in [0, 0.05) is 21.2 Å². The second-order valence-electron chi connectivity index (χ2n) is 5.36. The average Bonchev–Trinajstić information content (AvgIpc) is 2.58. The lowest BCUT2D eigenvalue weighted by atomic mass is 10.1. The lowest BCUT2D eigenvalue weighted by Gasteiger charge is -2.17. The smallest absolute Gasteiger partial charge is 0.263 e. The van der Waals surface area contributed by atoms with Crippen LogP contribution in [0.3, 0.4) is 0 Å². The van der Waals surface area contributed by atoms with Gasteiger partial charge in [-0.25, -0.2) is 0 Å². The lowest BCUT2D eigenvalue weighted by Crippen LogP contribution is -2.51. The van der Waals surface area contributed by atoms with E-state index >= 15 is 0 Å². The molecule has 1 aliphatic rings. The van der Waals surface area contributed by atoms with Crippen molar-refractivity contribution in [3.8, 4) is 5.75 Å². The number of amides is 2. The maximum atomic E-state index is 12.0. The SMILES string of the molecule is O=C1NC(=S)NC(=O)C1=Cc1cc(Cl)ccc1OCc1ccccc1Cl. The molecule has 0 unspecified atom stereocenters. The lowest BCUT2D eigenvalue weighted by molar-refractivity contribution is -0.123. The van der Waals surface area contributed by atoms with Gasteiger partial charge in [-0.2, -0.15) is 0 Å². The molecule has 132 valence electrons. The molecule has 0 atom stereocenters. The third-order valence-corrected chi connectivity index (χ3v) is 4.36. The predicted molar refractivity (Wildman–Crippen MR) is 104 cm³/mol. The summed E-state index contributed by atoms with van der Waals surface area (Å²) in [6.07, 6.45) is 1.40. The zero-order valence-corrected chi connectivity index (χ0v) is 15.5. The summed E-state index contributed by atoms with van der Waals surface area (Å²) in [6.45, 7) is 0.222. The molecule has 8 heteroatoms. The number of hydrogen-bond donors (Lipinski definition) is 2. The molecule has 0 radical (unpaired) electrons. The van der Waals surface area contributed by atoms with Crippen molar-refractivity contribution < 1.29 is 14.3 Å². The van der Waals surface area contributed by atoms with Gasteiger partial charge in [0.2, 0.25) is 0 Å². The number of halogens is 2. The zero-order valence-electron chi connectivity index (χ0n) is 13.2. The highest BCUT2D eigenvalue weighted by Crippen LogP contribution is 2.27. The van der Waals surface area contributed by atoms with E-state index in [2.05, 4.69) is 10.6 Å². The second kappa shape index (κ2) is 7.86. The van der Waals surface area contributed by atoms with Crippen LogP contribution >= 0.6 is 35.4 Å². The fourth-order valence-electron chi connectivity index (χ4n) is 2.30. The maximum Gasteiger partial charge on any atom is 0.263 e. The van der Waals surface area contributed by atoms with Gasteiger partial charge in [0.1, 0.15) is 17.9 Å². The Balaban J connectivity index is 1.90. The molecule has 5 nitrogen and oxygen atoms in total. The summed E-state index contributed by atoms with van der Waals surface area (Å²) in [7, 11) is 0. The molecule has 2 aromatic rings. The van der Waals surface area contributed by atoms with Crippen molar-refractivity contribution in [2.75, 3.05) is 0 Å². The maximum absolute atomic E-state index is 12.0. The third kappa shape index (κ3) is 4.22. The van der Waals surface area contributed by atoms with Gasteiger partial charge in [-0.15, -0.1) is 0 Å². The number of carbonyl (C=O) groups excluding carboxylic acids is 2. The van der Waals surface area contributed by atoms with Gasteiger partial charge in [-0.1, -0.05) is 41.4 Å². The van der Waals surface area contributed by atoms with Crippen LogP contribution in [0.1, 0.15) is 11.1 Å². The van der Waals surface area contributed by atoms with Gasteiger partial charge < -0.3 is 4.74 Å². The van der Waals surface area contributed by atoms with Crippen LogP contribution in [0.15, 0.2) is 48.0 Å². The first kappa shape index (κ1) is 18.4. The minimum absolute atomic E-state index is 0.0292. The first-order chi connectivity index (χ1) is 12.4. The minimum atomic E-state index is -0.587. The Bertz CT molecular complexity index is 922. The van der Waals surface area contributed by atoms with Gasteiger partial charge in [0.15, 0.2) is 5.11 Å². The summed E-state index contributed by atoms with van der Waals surface area (Å²) in [5.41, 5.74) is 1.20. The highest BCUT2D eigenvalue weighted by molar-refractivity contribution is 7.80. The number of thiocarbonyl (C=S) groups is 1. The highest BCUT2D eigenvalue weighted by Gasteiger charge is 2.26. The van der Waals surface area contributed by atoms with E-state index in [0.29, 0.717) is 21.4 Å². The van der Waals surface area contributed by atoms with Crippen molar-refractivity contribution in [3.63, 3.8) is 0 Å². The van der Waals surface area contributed by atoms with Crippen LogP contribution in [0.4, 0.5) is 0 Å². The first-order valence-corrected chi connectivity index (χ1v) is 8.64. The van der Waals surface area contributed by atoms with Gasteiger partial charge in [0.25, 0.3) is 11.8 Å². The molecule has 1 fully saturated rings. The molecule has 1 saturated heterocycles. The molecule has 2 aromatic carbocycles. The Labute approximate surface area is 164 Å². The monoisotopic (exact) mass is 406 g/mol. The number of nitrogens with one attached hydrogen (secondary N) is 2. The molecule has 0 bridgehead atoms. The van der Waals surface area contributed by atoms with E-state index in [4.69, 9.17) is 40.2 Å². The molecule has 2 N–H and O–H groups in total. The van der Waals surface area contributed by atoms with E-state index in [9.17, 15) is 9.59 Å². The minimum Gasteiger partial charge on any atom is -0.488 e. The normalized spacial score (nSPS) is 13.9. The van der Waals surface area contributed by atoms with Crippen molar-refractivity contribution in [1.82, 2.24) is 10.6 Å². The van der Waals surface area contributed by atoms with Crippen LogP contribution in [-0.2, 0) is 16.2 Å². The summed E-state index contributed by atoms with van der Waals surface area (Å²) in [4.78, 5) is 24.0. The Morgan fingerprint density at radius 1 is 1.04 bits per heavy atom. The van der Waals surface area contributed by atoms with Crippen molar-refractivity contribution in [2.24, 2.45) is 0 Å². The Kier molecular flexibility index (Phi) is 5.56. The summed E-state index contributed by atoms with van der Waals surface area (Å²) in [5, 5.41) is 5.75. The van der Waals surface area contributed by atoms with E-state index in [-0.39, 0.29) is 17.3 Å². The largest absolute Gasteiger partial charge is 0.488 e. The molecular weight excluding hydrogens is 395 g/mol. The topological polar surface area (TPSA) is 67.4 Å². The zero-order chi connectivity index (χ0) is 18.7. The third-order valence-electron chi connectivity index (χ3n) is 3.56. The average molecular weight is 407 g/mol. The van der Waals surface area contributed by atoms with Crippen molar-refractivity contribution in [3.05, 3.63) is 69.2 Å². The molecule has 0 aliphatic carbocycles. The molecule has 1 aliphatic heterocycles. The molecule has 1 heterocycles. The second-order valence-corrected chi connectivity index (χ2v) is 6.61. The number of ether oxygens (including phenoxy) is 1. The van der Waals surface area contributed by atoms with Crippen LogP contribution in [0, 0.1) is 0 Å². The van der Waals surface area contributed by atoms with Crippen molar-refractivity contribution in [1.29, 1.82) is 0 Å². The summed E-state index contributed by atoms with van der Waals surface area (Å²) in [6, 6.07) is 12.2. The van der Waals surface area contributed by atoms with Crippen LogP contribution in [0.25, 0.3) is 6.08 Å².